The molecular weight excluding hydrogens is 354 g/mol. The number of aryl methyl sites for hydroxylation is 3. The van der Waals surface area contributed by atoms with Gasteiger partial charge in [-0.25, -0.2) is 4.79 Å². The van der Waals surface area contributed by atoms with Gasteiger partial charge < -0.3 is 4.57 Å². The van der Waals surface area contributed by atoms with E-state index < -0.39 is 0 Å². The lowest BCUT2D eigenvalue weighted by Gasteiger charge is -2.12. The Balaban J connectivity index is 2.02. The first-order valence-electron chi connectivity index (χ1n) is 9.58. The van der Waals surface area contributed by atoms with Crippen molar-refractivity contribution >= 4 is 16.9 Å². The van der Waals surface area contributed by atoms with Crippen molar-refractivity contribution in [2.75, 3.05) is 0 Å². The largest absolute Gasteiger partial charge is 0.332 e. The first-order chi connectivity index (χ1) is 13.3. The SMILES string of the molecule is CC[C@H](C)n1c(C)cn2c3c(=O)n(Cc4cccc(C)c4)c(=O)n(C)c3nc12. The van der Waals surface area contributed by atoms with Crippen LogP contribution in [0.25, 0.3) is 16.9 Å². The zero-order valence-corrected chi connectivity index (χ0v) is 16.9. The first kappa shape index (κ1) is 18.3. The molecule has 0 saturated heterocycles. The lowest BCUT2D eigenvalue weighted by Crippen LogP contribution is -2.39. The molecule has 0 unspecified atom stereocenters. The standard InChI is InChI=1S/C21H25N5O2/c1-6-14(3)26-15(4)11-24-17-18(22-20(24)26)23(5)21(28)25(19(17)27)12-16-9-7-8-13(2)10-16/h7-11,14H,6,12H2,1-5H3/t14-/m0/s1. The van der Waals surface area contributed by atoms with Crippen LogP contribution < -0.4 is 11.2 Å². The average molecular weight is 379 g/mol. The molecule has 0 radical (unpaired) electrons. The number of benzene rings is 1. The molecule has 0 saturated carbocycles. The molecule has 4 rings (SSSR count). The van der Waals surface area contributed by atoms with Gasteiger partial charge in [-0.15, -0.1) is 0 Å². The summed E-state index contributed by atoms with van der Waals surface area (Å²) in [5.74, 6) is 0.697. The van der Waals surface area contributed by atoms with Crippen molar-refractivity contribution in [2.45, 2.75) is 46.7 Å². The predicted octanol–water partition coefficient (Wildman–Crippen LogP) is 2.79. The van der Waals surface area contributed by atoms with E-state index in [1.807, 2.05) is 48.7 Å². The van der Waals surface area contributed by atoms with Crippen molar-refractivity contribution in [1.29, 1.82) is 0 Å². The second kappa shape index (κ2) is 6.51. The second-order valence-corrected chi connectivity index (χ2v) is 7.57. The van der Waals surface area contributed by atoms with E-state index in [0.717, 1.165) is 23.2 Å². The Hall–Kier alpha value is -3.09. The highest BCUT2D eigenvalue weighted by Gasteiger charge is 2.21. The highest BCUT2D eigenvalue weighted by Crippen LogP contribution is 2.22. The molecule has 0 N–H and O–H groups in total. The second-order valence-electron chi connectivity index (χ2n) is 7.57. The summed E-state index contributed by atoms with van der Waals surface area (Å²) < 4.78 is 6.71. The van der Waals surface area contributed by atoms with Crippen LogP contribution in [0.15, 0.2) is 40.1 Å². The Bertz CT molecular complexity index is 1320. The summed E-state index contributed by atoms with van der Waals surface area (Å²) in [5, 5.41) is 0. The molecule has 0 aliphatic heterocycles. The molecule has 28 heavy (non-hydrogen) atoms. The van der Waals surface area contributed by atoms with Crippen molar-refractivity contribution in [3.8, 4) is 0 Å². The lowest BCUT2D eigenvalue weighted by atomic mass is 10.1. The molecule has 0 amide bonds. The summed E-state index contributed by atoms with van der Waals surface area (Å²) in [6.45, 7) is 8.49. The maximum Gasteiger partial charge on any atom is 0.332 e. The van der Waals surface area contributed by atoms with Gasteiger partial charge in [-0.3, -0.25) is 18.3 Å². The number of hydrogen-bond acceptors (Lipinski definition) is 3. The summed E-state index contributed by atoms with van der Waals surface area (Å²) in [5.41, 5.74) is 3.25. The Labute approximate surface area is 162 Å². The summed E-state index contributed by atoms with van der Waals surface area (Å²) >= 11 is 0. The fraction of sp³-hybridized carbons (Fsp3) is 0.381. The van der Waals surface area contributed by atoms with Crippen LogP contribution >= 0.6 is 0 Å². The summed E-state index contributed by atoms with van der Waals surface area (Å²) in [4.78, 5) is 30.9. The van der Waals surface area contributed by atoms with Gasteiger partial charge in [-0.2, -0.15) is 4.98 Å². The van der Waals surface area contributed by atoms with Crippen LogP contribution in [0.4, 0.5) is 0 Å². The van der Waals surface area contributed by atoms with Crippen molar-refractivity contribution in [2.24, 2.45) is 7.05 Å². The third-order valence-electron chi connectivity index (χ3n) is 5.52. The summed E-state index contributed by atoms with van der Waals surface area (Å²) in [6, 6.07) is 8.10. The van der Waals surface area contributed by atoms with Gasteiger partial charge in [0.2, 0.25) is 5.78 Å². The van der Waals surface area contributed by atoms with Gasteiger partial charge in [-0.05, 0) is 32.8 Å². The molecule has 3 heterocycles. The number of fused-ring (bicyclic) bond motifs is 3. The maximum atomic E-state index is 13.3. The smallest absolute Gasteiger partial charge is 0.311 e. The molecule has 0 bridgehead atoms. The fourth-order valence-corrected chi connectivity index (χ4v) is 3.89. The Morgan fingerprint density at radius 3 is 2.61 bits per heavy atom. The van der Waals surface area contributed by atoms with Gasteiger partial charge >= 0.3 is 5.69 Å². The van der Waals surface area contributed by atoms with E-state index in [-0.39, 0.29) is 23.8 Å². The highest BCUT2D eigenvalue weighted by molar-refractivity contribution is 5.75. The molecule has 1 atom stereocenters. The Kier molecular flexibility index (Phi) is 4.25. The molecule has 0 aliphatic rings. The molecule has 146 valence electrons. The van der Waals surface area contributed by atoms with Crippen LogP contribution in [0.1, 0.15) is 43.1 Å². The minimum atomic E-state index is -0.355. The molecule has 1 aromatic carbocycles. The number of imidazole rings is 2. The molecule has 7 nitrogen and oxygen atoms in total. The van der Waals surface area contributed by atoms with Gasteiger partial charge in [0.1, 0.15) is 0 Å². The maximum absolute atomic E-state index is 13.3. The van der Waals surface area contributed by atoms with E-state index in [2.05, 4.69) is 23.4 Å². The Morgan fingerprint density at radius 1 is 1.18 bits per heavy atom. The third kappa shape index (κ3) is 2.61. The molecule has 0 spiro atoms. The predicted molar refractivity (Wildman–Crippen MR) is 110 cm³/mol. The van der Waals surface area contributed by atoms with Crippen molar-refractivity contribution in [3.63, 3.8) is 0 Å². The third-order valence-corrected chi connectivity index (χ3v) is 5.52. The molecular formula is C21H25N5O2. The summed E-state index contributed by atoms with van der Waals surface area (Å²) in [6.07, 6.45) is 2.88. The first-order valence-corrected chi connectivity index (χ1v) is 9.58. The van der Waals surface area contributed by atoms with Crippen LogP contribution in [0, 0.1) is 13.8 Å². The van der Waals surface area contributed by atoms with Crippen LogP contribution in [-0.2, 0) is 13.6 Å². The number of rotatable bonds is 4. The van der Waals surface area contributed by atoms with Gasteiger partial charge in [0.25, 0.3) is 5.56 Å². The molecule has 4 aromatic rings. The monoisotopic (exact) mass is 379 g/mol. The van der Waals surface area contributed by atoms with Crippen molar-refractivity contribution < 1.29 is 0 Å². The van der Waals surface area contributed by atoms with Gasteiger partial charge in [0, 0.05) is 25.0 Å². The van der Waals surface area contributed by atoms with Crippen LogP contribution in [0.3, 0.4) is 0 Å². The minimum absolute atomic E-state index is 0.238. The van der Waals surface area contributed by atoms with Crippen LogP contribution in [-0.4, -0.2) is 23.1 Å². The van der Waals surface area contributed by atoms with E-state index >= 15 is 0 Å². The molecule has 7 heteroatoms. The topological polar surface area (TPSA) is 66.2 Å². The average Bonchev–Trinajstić information content (AvgIpc) is 3.17. The van der Waals surface area contributed by atoms with Gasteiger partial charge in [0.15, 0.2) is 11.2 Å². The minimum Gasteiger partial charge on any atom is -0.311 e. The molecule has 0 aliphatic carbocycles. The van der Waals surface area contributed by atoms with Crippen LogP contribution in [0.2, 0.25) is 0 Å². The zero-order chi connectivity index (χ0) is 20.2. The highest BCUT2D eigenvalue weighted by atomic mass is 16.2. The Morgan fingerprint density at radius 2 is 1.93 bits per heavy atom. The number of aromatic nitrogens is 5. The zero-order valence-electron chi connectivity index (χ0n) is 16.9. The van der Waals surface area contributed by atoms with Crippen molar-refractivity contribution in [1.82, 2.24) is 23.1 Å². The quantitative estimate of drug-likeness (QED) is 0.548. The lowest BCUT2D eigenvalue weighted by molar-refractivity contribution is 0.532. The van der Waals surface area contributed by atoms with E-state index in [9.17, 15) is 9.59 Å². The molecule has 3 aromatic heterocycles. The van der Waals surface area contributed by atoms with E-state index in [4.69, 9.17) is 0 Å². The van der Waals surface area contributed by atoms with E-state index in [1.165, 1.54) is 9.13 Å². The van der Waals surface area contributed by atoms with Gasteiger partial charge in [-0.1, -0.05) is 36.8 Å². The normalized spacial score (nSPS) is 12.9. The van der Waals surface area contributed by atoms with E-state index in [0.29, 0.717) is 16.9 Å². The summed E-state index contributed by atoms with van der Waals surface area (Å²) in [7, 11) is 1.67. The number of hydrogen-bond donors (Lipinski definition) is 0. The van der Waals surface area contributed by atoms with Crippen LogP contribution in [0.5, 0.6) is 0 Å². The number of nitrogens with zero attached hydrogens (tertiary/aromatic N) is 5. The van der Waals surface area contributed by atoms with E-state index in [1.54, 1.807) is 7.05 Å². The van der Waals surface area contributed by atoms with Gasteiger partial charge in [0.05, 0.1) is 6.54 Å². The molecule has 0 fully saturated rings. The fourth-order valence-electron chi connectivity index (χ4n) is 3.89. The van der Waals surface area contributed by atoms with Crippen molar-refractivity contribution in [3.05, 3.63) is 68.1 Å².